The minimum Gasteiger partial charge on any atom is -0.310 e. The van der Waals surface area contributed by atoms with Gasteiger partial charge in [-0.05, 0) is 45.7 Å². The second-order valence-electron chi connectivity index (χ2n) is 4.97. The summed E-state index contributed by atoms with van der Waals surface area (Å²) in [5, 5.41) is 3.75. The summed E-state index contributed by atoms with van der Waals surface area (Å²) in [4.78, 5) is 2.59. The Labute approximate surface area is 95.4 Å². The molecule has 0 amide bonds. The van der Waals surface area contributed by atoms with Crippen molar-refractivity contribution in [3.8, 4) is 0 Å². The van der Waals surface area contributed by atoms with Crippen LogP contribution in [0.5, 0.6) is 0 Å². The molecule has 1 aliphatic rings. The number of nitrogens with zero attached hydrogens (tertiary/aromatic N) is 1. The highest BCUT2D eigenvalue weighted by Crippen LogP contribution is 2.09. The number of hydrogen-bond donors (Lipinski definition) is 1. The average molecular weight is 212 g/mol. The molecule has 1 heterocycles. The third-order valence-electron chi connectivity index (χ3n) is 3.38. The van der Waals surface area contributed by atoms with E-state index in [4.69, 9.17) is 0 Å². The largest absolute Gasteiger partial charge is 0.310 e. The van der Waals surface area contributed by atoms with Crippen LogP contribution in [0.15, 0.2) is 0 Å². The molecule has 1 N–H and O–H groups in total. The first-order valence-corrected chi connectivity index (χ1v) is 6.74. The number of hydrogen-bond acceptors (Lipinski definition) is 2. The highest BCUT2D eigenvalue weighted by atomic mass is 15.2. The van der Waals surface area contributed by atoms with Gasteiger partial charge in [0.1, 0.15) is 0 Å². The van der Waals surface area contributed by atoms with Crippen molar-refractivity contribution in [2.75, 3.05) is 19.6 Å². The van der Waals surface area contributed by atoms with Crippen LogP contribution in [0.25, 0.3) is 0 Å². The molecule has 0 saturated carbocycles. The van der Waals surface area contributed by atoms with Crippen LogP contribution in [-0.2, 0) is 0 Å². The van der Waals surface area contributed by atoms with E-state index in [2.05, 4.69) is 31.0 Å². The Morgan fingerprint density at radius 2 is 1.87 bits per heavy atom. The van der Waals surface area contributed by atoms with Gasteiger partial charge in [-0.3, -0.25) is 0 Å². The molecule has 1 saturated heterocycles. The van der Waals surface area contributed by atoms with Crippen molar-refractivity contribution in [2.45, 2.75) is 65.0 Å². The molecule has 2 atom stereocenters. The van der Waals surface area contributed by atoms with Crippen molar-refractivity contribution in [1.29, 1.82) is 0 Å². The van der Waals surface area contributed by atoms with Crippen LogP contribution in [0.4, 0.5) is 0 Å². The third-order valence-corrected chi connectivity index (χ3v) is 3.38. The summed E-state index contributed by atoms with van der Waals surface area (Å²) in [6.07, 6.45) is 6.68. The van der Waals surface area contributed by atoms with Crippen molar-refractivity contribution < 1.29 is 0 Å². The van der Waals surface area contributed by atoms with Crippen molar-refractivity contribution in [2.24, 2.45) is 0 Å². The van der Waals surface area contributed by atoms with Crippen LogP contribution in [-0.4, -0.2) is 36.6 Å². The molecule has 2 unspecified atom stereocenters. The molecule has 0 radical (unpaired) electrons. The maximum Gasteiger partial charge on any atom is 0.0169 e. The van der Waals surface area contributed by atoms with E-state index in [0.29, 0.717) is 6.04 Å². The molecule has 0 bridgehead atoms. The first kappa shape index (κ1) is 13.0. The van der Waals surface area contributed by atoms with Crippen molar-refractivity contribution >= 4 is 0 Å². The molecule has 0 spiro atoms. The minimum atomic E-state index is 0.652. The fourth-order valence-electron chi connectivity index (χ4n) is 2.56. The molecular formula is C13H28N2. The Bertz CT molecular complexity index is 153. The standard InChI is InChI=1S/C13H28N2/c1-4-8-13(5-2)14-12(3)11-15-9-6-7-10-15/h12-14H,4-11H2,1-3H3. The molecule has 90 valence electrons. The maximum absolute atomic E-state index is 3.75. The van der Waals surface area contributed by atoms with Gasteiger partial charge in [0.15, 0.2) is 0 Å². The summed E-state index contributed by atoms with van der Waals surface area (Å²) >= 11 is 0. The van der Waals surface area contributed by atoms with Crippen LogP contribution in [0.3, 0.4) is 0 Å². The molecule has 0 aromatic rings. The predicted molar refractivity (Wildman–Crippen MR) is 67.3 cm³/mol. The van der Waals surface area contributed by atoms with Gasteiger partial charge in [0.25, 0.3) is 0 Å². The molecule has 0 aromatic carbocycles. The van der Waals surface area contributed by atoms with Gasteiger partial charge >= 0.3 is 0 Å². The van der Waals surface area contributed by atoms with Gasteiger partial charge in [-0.1, -0.05) is 20.3 Å². The molecule has 2 heteroatoms. The van der Waals surface area contributed by atoms with E-state index in [1.165, 1.54) is 51.7 Å². The van der Waals surface area contributed by atoms with Crippen LogP contribution < -0.4 is 5.32 Å². The lowest BCUT2D eigenvalue weighted by Crippen LogP contribution is -2.43. The maximum atomic E-state index is 3.75. The summed E-state index contributed by atoms with van der Waals surface area (Å²) in [6, 6.07) is 1.38. The predicted octanol–water partition coefficient (Wildman–Crippen LogP) is 2.64. The van der Waals surface area contributed by atoms with Gasteiger partial charge in [-0.25, -0.2) is 0 Å². The lowest BCUT2D eigenvalue weighted by atomic mass is 10.1. The first-order chi connectivity index (χ1) is 7.26. The molecule has 1 aliphatic heterocycles. The van der Waals surface area contributed by atoms with E-state index in [1.54, 1.807) is 0 Å². The van der Waals surface area contributed by atoms with E-state index in [1.807, 2.05) is 0 Å². The Morgan fingerprint density at radius 1 is 1.20 bits per heavy atom. The van der Waals surface area contributed by atoms with Gasteiger partial charge in [0.05, 0.1) is 0 Å². The van der Waals surface area contributed by atoms with Crippen LogP contribution >= 0.6 is 0 Å². The second-order valence-corrected chi connectivity index (χ2v) is 4.97. The third kappa shape index (κ3) is 4.98. The average Bonchev–Trinajstić information content (AvgIpc) is 2.69. The zero-order valence-corrected chi connectivity index (χ0v) is 10.8. The van der Waals surface area contributed by atoms with Crippen molar-refractivity contribution in [3.05, 3.63) is 0 Å². The molecule has 0 aliphatic carbocycles. The molecule has 1 fully saturated rings. The smallest absolute Gasteiger partial charge is 0.0169 e. The monoisotopic (exact) mass is 212 g/mol. The lowest BCUT2D eigenvalue weighted by molar-refractivity contribution is 0.280. The summed E-state index contributed by atoms with van der Waals surface area (Å²) in [7, 11) is 0. The fourth-order valence-corrected chi connectivity index (χ4v) is 2.56. The van der Waals surface area contributed by atoms with Crippen LogP contribution in [0, 0.1) is 0 Å². The van der Waals surface area contributed by atoms with Crippen molar-refractivity contribution in [1.82, 2.24) is 10.2 Å². The first-order valence-electron chi connectivity index (χ1n) is 6.74. The van der Waals surface area contributed by atoms with E-state index in [-0.39, 0.29) is 0 Å². The summed E-state index contributed by atoms with van der Waals surface area (Å²) in [6.45, 7) is 10.8. The molecule has 15 heavy (non-hydrogen) atoms. The molecule has 0 aromatic heterocycles. The highest BCUT2D eigenvalue weighted by Gasteiger charge is 2.16. The second kappa shape index (κ2) is 7.24. The summed E-state index contributed by atoms with van der Waals surface area (Å²) < 4.78 is 0. The fraction of sp³-hybridized carbons (Fsp3) is 1.00. The SMILES string of the molecule is CCCC(CC)NC(C)CN1CCCC1. The normalized spacial score (nSPS) is 21.8. The molecular weight excluding hydrogens is 184 g/mol. The molecule has 2 nitrogen and oxygen atoms in total. The van der Waals surface area contributed by atoms with Gasteiger partial charge in [-0.2, -0.15) is 0 Å². The van der Waals surface area contributed by atoms with Crippen LogP contribution in [0.1, 0.15) is 52.9 Å². The van der Waals surface area contributed by atoms with Crippen LogP contribution in [0.2, 0.25) is 0 Å². The lowest BCUT2D eigenvalue weighted by Gasteiger charge is -2.25. The number of likely N-dealkylation sites (tertiary alicyclic amines) is 1. The Kier molecular flexibility index (Phi) is 6.26. The zero-order chi connectivity index (χ0) is 11.1. The van der Waals surface area contributed by atoms with E-state index in [0.717, 1.165) is 6.04 Å². The number of nitrogens with one attached hydrogen (secondary N) is 1. The number of rotatable bonds is 7. The van der Waals surface area contributed by atoms with Gasteiger partial charge in [-0.15, -0.1) is 0 Å². The Morgan fingerprint density at radius 3 is 2.40 bits per heavy atom. The zero-order valence-electron chi connectivity index (χ0n) is 10.8. The van der Waals surface area contributed by atoms with E-state index >= 15 is 0 Å². The van der Waals surface area contributed by atoms with Gasteiger partial charge < -0.3 is 10.2 Å². The Balaban J connectivity index is 2.17. The quantitative estimate of drug-likeness (QED) is 0.698. The van der Waals surface area contributed by atoms with E-state index < -0.39 is 0 Å². The van der Waals surface area contributed by atoms with Crippen molar-refractivity contribution in [3.63, 3.8) is 0 Å². The van der Waals surface area contributed by atoms with Gasteiger partial charge in [0.2, 0.25) is 0 Å². The topological polar surface area (TPSA) is 15.3 Å². The summed E-state index contributed by atoms with van der Waals surface area (Å²) in [5.74, 6) is 0. The highest BCUT2D eigenvalue weighted by molar-refractivity contribution is 4.75. The molecule has 1 rings (SSSR count). The minimum absolute atomic E-state index is 0.652. The van der Waals surface area contributed by atoms with E-state index in [9.17, 15) is 0 Å². The van der Waals surface area contributed by atoms with Gasteiger partial charge in [0, 0.05) is 18.6 Å². The Hall–Kier alpha value is -0.0800. The summed E-state index contributed by atoms with van der Waals surface area (Å²) in [5.41, 5.74) is 0.